The number of likely N-dealkylation sites (tertiary alicyclic amines) is 1. The zero-order valence-electron chi connectivity index (χ0n) is 17.7. The van der Waals surface area contributed by atoms with Gasteiger partial charge in [-0.25, -0.2) is 4.98 Å². The predicted molar refractivity (Wildman–Crippen MR) is 121 cm³/mol. The second kappa shape index (κ2) is 8.50. The molecule has 8 nitrogen and oxygen atoms in total. The minimum absolute atomic E-state index is 0.119. The number of aromatic nitrogens is 2. The van der Waals surface area contributed by atoms with Crippen LogP contribution in [-0.4, -0.2) is 75.4 Å². The Bertz CT molecular complexity index is 1190. The molecule has 2 aliphatic heterocycles. The van der Waals surface area contributed by atoms with Crippen molar-refractivity contribution in [2.45, 2.75) is 13.0 Å². The van der Waals surface area contributed by atoms with E-state index < -0.39 is 17.7 Å². The lowest BCUT2D eigenvalue weighted by Gasteiger charge is -2.30. The number of hydrogen-bond acceptors (Lipinski definition) is 7. The van der Waals surface area contributed by atoms with E-state index in [4.69, 9.17) is 4.74 Å². The predicted octanol–water partition coefficient (Wildman–Crippen LogP) is 2.46. The number of aliphatic hydroxyl groups excluding tert-OH is 1. The van der Waals surface area contributed by atoms with Gasteiger partial charge >= 0.3 is 0 Å². The first kappa shape index (κ1) is 20.9. The second-order valence-corrected chi connectivity index (χ2v) is 8.92. The average molecular weight is 453 g/mol. The van der Waals surface area contributed by atoms with Gasteiger partial charge in [0, 0.05) is 37.3 Å². The number of nitrogens with zero attached hydrogens (tertiary/aromatic N) is 4. The van der Waals surface area contributed by atoms with Gasteiger partial charge in [0.2, 0.25) is 0 Å². The number of pyridine rings is 1. The molecule has 2 fully saturated rings. The summed E-state index contributed by atoms with van der Waals surface area (Å²) in [5, 5.41) is 13.3. The highest BCUT2D eigenvalue weighted by Gasteiger charge is 2.47. The molecular weight excluding hydrogens is 428 g/mol. The molecule has 1 amide bonds. The van der Waals surface area contributed by atoms with Gasteiger partial charge in [0.15, 0.2) is 5.76 Å². The number of ketones is 1. The molecule has 3 aromatic rings. The van der Waals surface area contributed by atoms with E-state index >= 15 is 0 Å². The molecule has 1 N–H and O–H groups in total. The number of rotatable bonds is 5. The third-order valence-corrected chi connectivity index (χ3v) is 6.97. The largest absolute Gasteiger partial charge is 0.505 e. The Morgan fingerprint density at radius 3 is 2.75 bits per heavy atom. The van der Waals surface area contributed by atoms with E-state index in [1.54, 1.807) is 22.4 Å². The number of amides is 1. The van der Waals surface area contributed by atoms with Crippen LogP contribution in [0.3, 0.4) is 0 Å². The van der Waals surface area contributed by atoms with Crippen LogP contribution in [0.15, 0.2) is 47.5 Å². The SMILES string of the molecule is Cc1nc2ccccn2c1C(O)=C1C(=O)C(=O)N(CCN2CCOCC2)[C@H]1c1cccs1. The number of ether oxygens (including phenoxy) is 1. The summed E-state index contributed by atoms with van der Waals surface area (Å²) in [7, 11) is 0. The molecule has 166 valence electrons. The third-order valence-electron chi connectivity index (χ3n) is 6.04. The first-order valence-electron chi connectivity index (χ1n) is 10.6. The fraction of sp³-hybridized carbons (Fsp3) is 0.348. The average Bonchev–Trinajstić information content (AvgIpc) is 3.50. The summed E-state index contributed by atoms with van der Waals surface area (Å²) < 4.78 is 7.15. The number of imidazole rings is 1. The molecule has 0 radical (unpaired) electrons. The van der Waals surface area contributed by atoms with Crippen molar-refractivity contribution in [3.63, 3.8) is 0 Å². The highest BCUT2D eigenvalue weighted by molar-refractivity contribution is 7.10. The molecule has 1 atom stereocenters. The molecule has 5 heterocycles. The van der Waals surface area contributed by atoms with Crippen LogP contribution in [0.1, 0.15) is 22.3 Å². The smallest absolute Gasteiger partial charge is 0.295 e. The Kier molecular flexibility index (Phi) is 5.54. The number of aliphatic hydroxyl groups is 1. The summed E-state index contributed by atoms with van der Waals surface area (Å²) in [5.41, 5.74) is 1.82. The summed E-state index contributed by atoms with van der Waals surface area (Å²) in [5.74, 6) is -1.43. The molecule has 3 aromatic heterocycles. The van der Waals surface area contributed by atoms with Crippen LogP contribution in [0, 0.1) is 6.92 Å². The number of thiophene rings is 1. The zero-order valence-corrected chi connectivity index (χ0v) is 18.5. The fourth-order valence-corrected chi connectivity index (χ4v) is 5.30. The molecule has 9 heteroatoms. The van der Waals surface area contributed by atoms with Gasteiger partial charge in [-0.15, -0.1) is 11.3 Å². The van der Waals surface area contributed by atoms with Crippen molar-refractivity contribution in [2.75, 3.05) is 39.4 Å². The van der Waals surface area contributed by atoms with Gasteiger partial charge in [0.1, 0.15) is 11.3 Å². The number of Topliss-reactive ketones (excluding diaryl/α,β-unsaturated/α-hetero) is 1. The van der Waals surface area contributed by atoms with E-state index in [2.05, 4.69) is 9.88 Å². The van der Waals surface area contributed by atoms with Crippen molar-refractivity contribution in [1.29, 1.82) is 0 Å². The van der Waals surface area contributed by atoms with E-state index in [9.17, 15) is 14.7 Å². The van der Waals surface area contributed by atoms with Crippen molar-refractivity contribution in [3.8, 4) is 0 Å². The van der Waals surface area contributed by atoms with E-state index in [1.165, 1.54) is 11.3 Å². The van der Waals surface area contributed by atoms with Gasteiger partial charge in [0.25, 0.3) is 11.7 Å². The van der Waals surface area contributed by atoms with Crippen molar-refractivity contribution in [3.05, 3.63) is 63.7 Å². The second-order valence-electron chi connectivity index (χ2n) is 7.94. The lowest BCUT2D eigenvalue weighted by atomic mass is 10.0. The molecule has 0 bridgehead atoms. The quantitative estimate of drug-likeness (QED) is 0.364. The molecule has 0 saturated carbocycles. The Balaban J connectivity index is 1.57. The topological polar surface area (TPSA) is 87.4 Å². The summed E-state index contributed by atoms with van der Waals surface area (Å²) in [6.45, 7) is 5.77. The lowest BCUT2D eigenvalue weighted by molar-refractivity contribution is -0.140. The molecule has 0 aromatic carbocycles. The minimum Gasteiger partial charge on any atom is -0.505 e. The molecule has 32 heavy (non-hydrogen) atoms. The highest BCUT2D eigenvalue weighted by Crippen LogP contribution is 2.41. The third kappa shape index (κ3) is 3.52. The van der Waals surface area contributed by atoms with Gasteiger partial charge in [-0.2, -0.15) is 0 Å². The summed E-state index contributed by atoms with van der Waals surface area (Å²) in [6, 6.07) is 8.70. The molecule has 0 spiro atoms. The molecule has 0 aliphatic carbocycles. The van der Waals surface area contributed by atoms with Gasteiger partial charge in [-0.1, -0.05) is 12.1 Å². The van der Waals surface area contributed by atoms with Crippen molar-refractivity contribution in [1.82, 2.24) is 19.2 Å². The lowest BCUT2D eigenvalue weighted by Crippen LogP contribution is -2.42. The zero-order chi connectivity index (χ0) is 22.2. The first-order valence-corrected chi connectivity index (χ1v) is 11.5. The van der Waals surface area contributed by atoms with E-state index in [0.717, 1.165) is 18.0 Å². The summed E-state index contributed by atoms with van der Waals surface area (Å²) in [6.07, 6.45) is 1.79. The normalized spacial score (nSPS) is 21.7. The van der Waals surface area contributed by atoms with Crippen LogP contribution in [-0.2, 0) is 14.3 Å². The molecule has 0 unspecified atom stereocenters. The maximum absolute atomic E-state index is 13.2. The maximum atomic E-state index is 13.2. The van der Waals surface area contributed by atoms with E-state index in [0.29, 0.717) is 43.3 Å². The van der Waals surface area contributed by atoms with Crippen molar-refractivity contribution in [2.24, 2.45) is 0 Å². The van der Waals surface area contributed by atoms with Crippen molar-refractivity contribution >= 4 is 34.4 Å². The standard InChI is InChI=1S/C23H24N4O4S/c1-15-19(26-7-3-2-6-17(26)24-15)21(28)18-20(16-5-4-14-32-16)27(23(30)22(18)29)9-8-25-10-12-31-13-11-25/h2-7,14,20,28H,8-13H2,1H3/t20-/m0/s1. The number of hydrogen-bond donors (Lipinski definition) is 1. The Hall–Kier alpha value is -3.01. The van der Waals surface area contributed by atoms with Crippen LogP contribution in [0.5, 0.6) is 0 Å². The van der Waals surface area contributed by atoms with Crippen LogP contribution in [0.2, 0.25) is 0 Å². The Morgan fingerprint density at radius 1 is 1.19 bits per heavy atom. The highest BCUT2D eigenvalue weighted by atomic mass is 32.1. The van der Waals surface area contributed by atoms with Gasteiger partial charge < -0.3 is 14.7 Å². The van der Waals surface area contributed by atoms with Gasteiger partial charge in [-0.3, -0.25) is 18.9 Å². The monoisotopic (exact) mass is 452 g/mol. The molecular formula is C23H24N4O4S. The number of morpholine rings is 1. The van der Waals surface area contributed by atoms with Crippen LogP contribution < -0.4 is 0 Å². The number of carbonyl (C=O) groups excluding carboxylic acids is 2. The number of carbonyl (C=O) groups is 2. The van der Waals surface area contributed by atoms with Gasteiger partial charge in [0.05, 0.1) is 30.5 Å². The first-order chi connectivity index (χ1) is 15.6. The Labute approximate surface area is 189 Å². The van der Waals surface area contributed by atoms with E-state index in [-0.39, 0.29) is 11.3 Å². The van der Waals surface area contributed by atoms with E-state index in [1.807, 2.05) is 35.7 Å². The molecule has 2 aliphatic rings. The Morgan fingerprint density at radius 2 is 2.00 bits per heavy atom. The molecule has 5 rings (SSSR count). The van der Waals surface area contributed by atoms with Crippen LogP contribution >= 0.6 is 11.3 Å². The summed E-state index contributed by atoms with van der Waals surface area (Å²) >= 11 is 1.47. The summed E-state index contributed by atoms with van der Waals surface area (Å²) in [4.78, 5) is 35.4. The van der Waals surface area contributed by atoms with Crippen LogP contribution in [0.25, 0.3) is 11.4 Å². The van der Waals surface area contributed by atoms with Gasteiger partial charge in [-0.05, 0) is 30.5 Å². The number of aryl methyl sites for hydroxylation is 1. The maximum Gasteiger partial charge on any atom is 0.295 e. The fourth-order valence-electron chi connectivity index (χ4n) is 4.45. The molecule has 2 saturated heterocycles. The minimum atomic E-state index is -0.659. The number of fused-ring (bicyclic) bond motifs is 1. The van der Waals surface area contributed by atoms with Crippen LogP contribution in [0.4, 0.5) is 0 Å². The van der Waals surface area contributed by atoms with Crippen molar-refractivity contribution < 1.29 is 19.4 Å².